The molecule has 2 heterocycles. The summed E-state index contributed by atoms with van der Waals surface area (Å²) in [6, 6.07) is 1.88. The van der Waals surface area contributed by atoms with Gasteiger partial charge in [-0.15, -0.1) is 13.2 Å². The Morgan fingerprint density at radius 2 is 1.87 bits per heavy atom. The summed E-state index contributed by atoms with van der Waals surface area (Å²) in [4.78, 5) is 13.7. The molecule has 1 aromatic rings. The van der Waals surface area contributed by atoms with E-state index in [1.807, 2.05) is 11.1 Å². The number of dihydropyridines is 1. The van der Waals surface area contributed by atoms with E-state index in [2.05, 4.69) is 56.4 Å². The maximum atomic E-state index is 11.8. The first-order valence-electron chi connectivity index (χ1n) is 9.96. The van der Waals surface area contributed by atoms with Crippen LogP contribution in [0.1, 0.15) is 44.7 Å². The molecule has 1 aliphatic carbocycles. The summed E-state index contributed by atoms with van der Waals surface area (Å²) in [6.45, 7) is 9.10. The van der Waals surface area contributed by atoms with Gasteiger partial charge in [-0.3, -0.25) is 4.79 Å². The van der Waals surface area contributed by atoms with Crippen molar-refractivity contribution >= 4 is 49.0 Å². The minimum atomic E-state index is 0. The normalized spacial score (nSPS) is 19.8. The van der Waals surface area contributed by atoms with E-state index >= 15 is 0 Å². The van der Waals surface area contributed by atoms with Crippen molar-refractivity contribution in [3.8, 4) is 5.75 Å². The minimum Gasteiger partial charge on any atom is -0.506 e. The summed E-state index contributed by atoms with van der Waals surface area (Å²) in [6.07, 6.45) is 7.61. The molecule has 7 heteroatoms. The van der Waals surface area contributed by atoms with Crippen LogP contribution in [0.3, 0.4) is 0 Å². The summed E-state index contributed by atoms with van der Waals surface area (Å²) in [5.41, 5.74) is 12.6. The number of aryl methyl sites for hydroxylation is 1. The molecule has 31 heavy (non-hydrogen) atoms. The van der Waals surface area contributed by atoms with E-state index in [9.17, 15) is 9.90 Å². The summed E-state index contributed by atoms with van der Waals surface area (Å²) in [7, 11) is 0. The van der Waals surface area contributed by atoms with Crippen LogP contribution in [0.15, 0.2) is 51.6 Å². The third kappa shape index (κ3) is 4.93. The van der Waals surface area contributed by atoms with Gasteiger partial charge in [0, 0.05) is 30.7 Å². The van der Waals surface area contributed by atoms with Crippen LogP contribution in [0.5, 0.6) is 5.75 Å². The van der Waals surface area contributed by atoms with Gasteiger partial charge < -0.3 is 21.1 Å². The van der Waals surface area contributed by atoms with Gasteiger partial charge in [0.2, 0.25) is 5.91 Å². The first kappa shape index (κ1) is 25.3. The maximum absolute atomic E-state index is 11.8. The Hall–Kier alpha value is -1.99. The molecule has 0 saturated carbocycles. The maximum Gasteiger partial charge on any atom is 0.219 e. The molecule has 1 saturated heterocycles. The summed E-state index contributed by atoms with van der Waals surface area (Å²) < 4.78 is 1.79. The van der Waals surface area contributed by atoms with Crippen LogP contribution in [-0.2, 0) is 11.2 Å². The topological polar surface area (TPSA) is 78.6 Å². The smallest absolute Gasteiger partial charge is 0.219 e. The number of amides is 1. The van der Waals surface area contributed by atoms with Crippen molar-refractivity contribution in [1.82, 2.24) is 10.2 Å². The number of carbonyl (C=O) groups excluding carboxylic acids is 1. The van der Waals surface area contributed by atoms with Crippen LogP contribution in [0.4, 0.5) is 5.69 Å². The van der Waals surface area contributed by atoms with E-state index in [4.69, 9.17) is 5.73 Å². The highest BCUT2D eigenvalue weighted by molar-refractivity contribution is 9.12. The quantitative estimate of drug-likeness (QED) is 0.221. The SMILES string of the molecule is C.C=C.CC(=O)N1CCC(=C2c3c(cc(O)c(N)c3Br)CCC3=CC(Br)=CNC32)CC1. The molecule has 3 aliphatic rings. The highest BCUT2D eigenvalue weighted by Gasteiger charge is 2.33. The lowest BCUT2D eigenvalue weighted by Crippen LogP contribution is -2.36. The Kier molecular flexibility index (Phi) is 8.60. The zero-order valence-electron chi connectivity index (χ0n) is 17.1. The van der Waals surface area contributed by atoms with E-state index < -0.39 is 0 Å². The number of allylic oxidation sites excluding steroid dienone is 2. The number of nitrogens with zero attached hydrogens (tertiary/aromatic N) is 1. The number of phenols is 1. The zero-order chi connectivity index (χ0) is 22.0. The van der Waals surface area contributed by atoms with E-state index in [0.717, 1.165) is 58.9 Å². The van der Waals surface area contributed by atoms with Crippen molar-refractivity contribution in [2.75, 3.05) is 18.8 Å². The van der Waals surface area contributed by atoms with Crippen molar-refractivity contribution in [3.05, 3.63) is 62.7 Å². The molecule has 1 aromatic carbocycles. The number of rotatable bonds is 0. The number of anilines is 1. The van der Waals surface area contributed by atoms with Crippen molar-refractivity contribution in [2.24, 2.45) is 0 Å². The molecular formula is C24H31Br2N3O2. The Morgan fingerprint density at radius 1 is 1.23 bits per heavy atom. The fourth-order valence-corrected chi connectivity index (χ4v) is 5.51. The predicted molar refractivity (Wildman–Crippen MR) is 137 cm³/mol. The lowest BCUT2D eigenvalue weighted by atomic mass is 9.84. The average molecular weight is 553 g/mol. The second-order valence-electron chi connectivity index (χ2n) is 7.53. The van der Waals surface area contributed by atoms with Gasteiger partial charge in [0.15, 0.2) is 0 Å². The monoisotopic (exact) mass is 551 g/mol. The van der Waals surface area contributed by atoms with Crippen LogP contribution < -0.4 is 11.1 Å². The van der Waals surface area contributed by atoms with Gasteiger partial charge in [0.05, 0.1) is 16.2 Å². The number of nitrogens with one attached hydrogen (secondary N) is 1. The fraction of sp³-hybridized carbons (Fsp3) is 0.375. The molecule has 2 aliphatic heterocycles. The van der Waals surface area contributed by atoms with Crippen molar-refractivity contribution in [2.45, 2.75) is 46.1 Å². The molecule has 4 N–H and O–H groups in total. The van der Waals surface area contributed by atoms with E-state index in [-0.39, 0.29) is 25.1 Å². The van der Waals surface area contributed by atoms with E-state index in [1.54, 1.807) is 13.0 Å². The molecule has 1 fully saturated rings. The number of hydrogen-bond acceptors (Lipinski definition) is 4. The second-order valence-corrected chi connectivity index (χ2v) is 9.24. The number of phenolic OH excluding ortho intramolecular Hbond substituents is 1. The van der Waals surface area contributed by atoms with E-state index in [1.165, 1.54) is 16.7 Å². The van der Waals surface area contributed by atoms with Gasteiger partial charge in [0.25, 0.3) is 0 Å². The van der Waals surface area contributed by atoms with Crippen molar-refractivity contribution in [1.29, 1.82) is 0 Å². The van der Waals surface area contributed by atoms with Gasteiger partial charge in [-0.2, -0.15) is 0 Å². The van der Waals surface area contributed by atoms with Gasteiger partial charge in [-0.05, 0) is 92.0 Å². The van der Waals surface area contributed by atoms with Gasteiger partial charge in [-0.25, -0.2) is 0 Å². The second kappa shape index (κ2) is 10.6. The number of nitrogen functional groups attached to an aromatic ring is 1. The Morgan fingerprint density at radius 3 is 2.48 bits per heavy atom. The van der Waals surface area contributed by atoms with E-state index in [0.29, 0.717) is 5.69 Å². The number of halogens is 2. The Labute approximate surface area is 202 Å². The first-order valence-corrected chi connectivity index (χ1v) is 11.5. The molecule has 0 spiro atoms. The highest BCUT2D eigenvalue weighted by Crippen LogP contribution is 2.46. The Bertz CT molecular complexity index is 956. The van der Waals surface area contributed by atoms with Gasteiger partial charge >= 0.3 is 0 Å². The molecule has 1 unspecified atom stereocenters. The number of hydrogen-bond donors (Lipinski definition) is 3. The number of carbonyl (C=O) groups is 1. The highest BCUT2D eigenvalue weighted by atomic mass is 79.9. The third-order valence-electron chi connectivity index (χ3n) is 5.88. The first-order chi connectivity index (χ1) is 14.4. The number of fused-ring (bicyclic) bond motifs is 2. The predicted octanol–water partition coefficient (Wildman–Crippen LogP) is 5.65. The van der Waals surface area contributed by atoms with Crippen LogP contribution in [0.25, 0.3) is 5.57 Å². The summed E-state index contributed by atoms with van der Waals surface area (Å²) in [5.74, 6) is 0.247. The molecule has 4 rings (SSSR count). The number of piperidine rings is 1. The molecule has 0 radical (unpaired) electrons. The lowest BCUT2D eigenvalue weighted by molar-refractivity contribution is -0.129. The minimum absolute atomic E-state index is 0. The van der Waals surface area contributed by atoms with Crippen LogP contribution in [0, 0.1) is 0 Å². The largest absolute Gasteiger partial charge is 0.506 e. The average Bonchev–Trinajstić information content (AvgIpc) is 2.90. The van der Waals surface area contributed by atoms with Crippen LogP contribution in [-0.4, -0.2) is 35.0 Å². The third-order valence-corrected chi connectivity index (χ3v) is 7.16. The fourth-order valence-electron chi connectivity index (χ4n) is 4.41. The van der Waals surface area contributed by atoms with Crippen LogP contribution >= 0.6 is 31.9 Å². The molecule has 0 aromatic heterocycles. The molecular weight excluding hydrogens is 522 g/mol. The standard InChI is InChI=1S/C21H23Br2N3O2.C2H4.CH4/c1-11(27)26-6-4-12(5-7-26)18-17-13(9-16(28)20(24)19(17)23)2-3-14-8-15(22)10-25-21(14)18;1-2;/h8-10,21,25,28H,2-7,24H2,1H3;1-2H2;1H4. The zero-order valence-corrected chi connectivity index (χ0v) is 20.3. The van der Waals surface area contributed by atoms with Gasteiger partial charge in [-0.1, -0.05) is 13.0 Å². The van der Waals surface area contributed by atoms with Crippen LogP contribution in [0.2, 0.25) is 0 Å². The molecule has 5 nitrogen and oxygen atoms in total. The summed E-state index contributed by atoms with van der Waals surface area (Å²) >= 11 is 7.25. The summed E-state index contributed by atoms with van der Waals surface area (Å²) in [5, 5.41) is 13.8. The number of benzene rings is 1. The molecule has 1 amide bonds. The molecule has 168 valence electrons. The van der Waals surface area contributed by atoms with Crippen molar-refractivity contribution < 1.29 is 9.90 Å². The lowest BCUT2D eigenvalue weighted by Gasteiger charge is -2.33. The van der Waals surface area contributed by atoms with Gasteiger partial charge in [0.1, 0.15) is 5.75 Å². The Balaban J connectivity index is 0.00000111. The number of likely N-dealkylation sites (tertiary alicyclic amines) is 1. The number of nitrogens with two attached hydrogens (primary N) is 1. The molecule has 1 atom stereocenters. The number of aromatic hydroxyl groups is 1. The van der Waals surface area contributed by atoms with Crippen molar-refractivity contribution in [3.63, 3.8) is 0 Å². The molecule has 0 bridgehead atoms.